The molecule has 1 amide bonds. The standard InChI is InChI=1S/C13H16N4O3/c1-13(7-18,8-19)16-12(20)10-2-3-11(15-6-10)17-5-4-14-9-17/h2-6,9,18-19H,7-8H2,1H3,(H,16,20). The van der Waals surface area contributed by atoms with Crippen LogP contribution in [0.2, 0.25) is 0 Å². The van der Waals surface area contributed by atoms with Crippen molar-refractivity contribution >= 4 is 5.91 Å². The number of rotatable bonds is 5. The van der Waals surface area contributed by atoms with Crippen LogP contribution in [0.5, 0.6) is 0 Å². The first-order valence-electron chi connectivity index (χ1n) is 6.06. The molecule has 2 aromatic heterocycles. The van der Waals surface area contributed by atoms with Crippen molar-refractivity contribution in [3.8, 4) is 5.82 Å². The summed E-state index contributed by atoms with van der Waals surface area (Å²) in [6, 6.07) is 3.30. The summed E-state index contributed by atoms with van der Waals surface area (Å²) in [6.07, 6.45) is 6.42. The molecule has 0 unspecified atom stereocenters. The zero-order chi connectivity index (χ0) is 14.6. The van der Waals surface area contributed by atoms with Gasteiger partial charge in [0.25, 0.3) is 5.91 Å². The molecular formula is C13H16N4O3. The number of hydrogen-bond donors (Lipinski definition) is 3. The molecule has 3 N–H and O–H groups in total. The van der Waals surface area contributed by atoms with Gasteiger partial charge in [0.15, 0.2) is 0 Å². The fraction of sp³-hybridized carbons (Fsp3) is 0.308. The van der Waals surface area contributed by atoms with Crippen LogP contribution in [0.3, 0.4) is 0 Å². The Morgan fingerprint density at radius 1 is 1.40 bits per heavy atom. The molecule has 106 valence electrons. The molecule has 0 aliphatic heterocycles. The Labute approximate surface area is 115 Å². The zero-order valence-corrected chi connectivity index (χ0v) is 11.0. The van der Waals surface area contributed by atoms with Gasteiger partial charge in [0.05, 0.1) is 24.3 Å². The second-order valence-corrected chi connectivity index (χ2v) is 4.71. The number of imidazole rings is 1. The van der Waals surface area contributed by atoms with Crippen LogP contribution in [0, 0.1) is 0 Å². The predicted molar refractivity (Wildman–Crippen MR) is 71.4 cm³/mol. The Hall–Kier alpha value is -2.25. The average Bonchev–Trinajstić information content (AvgIpc) is 3.01. The van der Waals surface area contributed by atoms with E-state index in [1.54, 1.807) is 42.3 Å². The van der Waals surface area contributed by atoms with Crippen molar-refractivity contribution in [2.75, 3.05) is 13.2 Å². The minimum absolute atomic E-state index is 0.349. The second kappa shape index (κ2) is 5.81. The van der Waals surface area contributed by atoms with E-state index in [0.717, 1.165) is 0 Å². The first-order chi connectivity index (χ1) is 9.58. The molecule has 7 heteroatoms. The lowest BCUT2D eigenvalue weighted by Crippen LogP contribution is -2.51. The maximum absolute atomic E-state index is 12.0. The fourth-order valence-electron chi connectivity index (χ4n) is 1.54. The van der Waals surface area contributed by atoms with Crippen LogP contribution in [0.25, 0.3) is 5.82 Å². The minimum atomic E-state index is -1.06. The summed E-state index contributed by atoms with van der Waals surface area (Å²) in [5.74, 6) is 0.242. The van der Waals surface area contributed by atoms with Crippen molar-refractivity contribution in [2.45, 2.75) is 12.5 Å². The predicted octanol–water partition coefficient (Wildman–Crippen LogP) is -0.260. The molecule has 0 saturated heterocycles. The first kappa shape index (κ1) is 14.2. The lowest BCUT2D eigenvalue weighted by molar-refractivity contribution is 0.0723. The molecule has 0 atom stereocenters. The van der Waals surface area contributed by atoms with Gasteiger partial charge in [0.2, 0.25) is 0 Å². The Bertz CT molecular complexity index is 562. The van der Waals surface area contributed by atoms with Gasteiger partial charge in [-0.25, -0.2) is 9.97 Å². The highest BCUT2D eigenvalue weighted by atomic mass is 16.3. The molecule has 0 radical (unpaired) electrons. The third kappa shape index (κ3) is 3.01. The summed E-state index contributed by atoms with van der Waals surface area (Å²) in [5, 5.41) is 20.9. The van der Waals surface area contributed by atoms with E-state index < -0.39 is 11.4 Å². The van der Waals surface area contributed by atoms with Crippen LogP contribution < -0.4 is 5.32 Å². The van der Waals surface area contributed by atoms with Crippen molar-refractivity contribution < 1.29 is 15.0 Å². The molecule has 0 aliphatic carbocycles. The molecule has 0 bridgehead atoms. The number of carbonyl (C=O) groups is 1. The number of nitrogens with one attached hydrogen (secondary N) is 1. The molecule has 2 rings (SSSR count). The highest BCUT2D eigenvalue weighted by Gasteiger charge is 2.25. The topological polar surface area (TPSA) is 100 Å². The maximum atomic E-state index is 12.0. The number of pyridine rings is 1. The van der Waals surface area contributed by atoms with E-state index >= 15 is 0 Å². The van der Waals surface area contributed by atoms with Gasteiger partial charge in [-0.2, -0.15) is 0 Å². The number of aromatic nitrogens is 3. The summed E-state index contributed by atoms with van der Waals surface area (Å²) < 4.78 is 1.72. The molecule has 0 saturated carbocycles. The quantitative estimate of drug-likeness (QED) is 0.698. The monoisotopic (exact) mass is 276 g/mol. The molecule has 7 nitrogen and oxygen atoms in total. The van der Waals surface area contributed by atoms with Crippen molar-refractivity contribution in [3.63, 3.8) is 0 Å². The highest BCUT2D eigenvalue weighted by Crippen LogP contribution is 2.08. The Morgan fingerprint density at radius 2 is 2.15 bits per heavy atom. The Kier molecular flexibility index (Phi) is 4.11. The van der Waals surface area contributed by atoms with Crippen LogP contribution in [-0.2, 0) is 0 Å². The minimum Gasteiger partial charge on any atom is -0.394 e. The summed E-state index contributed by atoms with van der Waals surface area (Å²) in [6.45, 7) is 0.851. The van der Waals surface area contributed by atoms with E-state index in [1.807, 2.05) is 0 Å². The zero-order valence-electron chi connectivity index (χ0n) is 11.0. The molecule has 20 heavy (non-hydrogen) atoms. The molecule has 0 aliphatic rings. The largest absolute Gasteiger partial charge is 0.394 e. The lowest BCUT2D eigenvalue weighted by Gasteiger charge is -2.26. The van der Waals surface area contributed by atoms with Gasteiger partial charge in [-0.05, 0) is 19.1 Å². The number of carbonyl (C=O) groups excluding carboxylic acids is 1. The van der Waals surface area contributed by atoms with Crippen molar-refractivity contribution in [2.24, 2.45) is 0 Å². The summed E-state index contributed by atoms with van der Waals surface area (Å²) in [5.41, 5.74) is -0.706. The summed E-state index contributed by atoms with van der Waals surface area (Å²) >= 11 is 0. The number of aliphatic hydroxyl groups excluding tert-OH is 2. The normalized spacial score (nSPS) is 11.3. The van der Waals surface area contributed by atoms with Crippen LogP contribution in [0.4, 0.5) is 0 Å². The van der Waals surface area contributed by atoms with Crippen LogP contribution in [0.15, 0.2) is 37.1 Å². The van der Waals surface area contributed by atoms with Crippen molar-refractivity contribution in [1.82, 2.24) is 19.9 Å². The van der Waals surface area contributed by atoms with Crippen molar-refractivity contribution in [3.05, 3.63) is 42.6 Å². The fourth-order valence-corrected chi connectivity index (χ4v) is 1.54. The lowest BCUT2D eigenvalue weighted by atomic mass is 10.0. The van der Waals surface area contributed by atoms with Gasteiger partial charge in [-0.15, -0.1) is 0 Å². The maximum Gasteiger partial charge on any atom is 0.253 e. The molecule has 0 spiro atoms. The summed E-state index contributed by atoms with van der Waals surface area (Å²) in [4.78, 5) is 20.1. The van der Waals surface area contributed by atoms with Crippen molar-refractivity contribution in [1.29, 1.82) is 0 Å². The SMILES string of the molecule is CC(CO)(CO)NC(=O)c1ccc(-n2ccnc2)nc1. The van der Waals surface area contributed by atoms with E-state index in [-0.39, 0.29) is 13.2 Å². The van der Waals surface area contributed by atoms with E-state index in [9.17, 15) is 4.79 Å². The number of amides is 1. The molecular weight excluding hydrogens is 260 g/mol. The third-order valence-electron chi connectivity index (χ3n) is 2.89. The van der Waals surface area contributed by atoms with Gasteiger partial charge in [0.1, 0.15) is 12.1 Å². The Morgan fingerprint density at radius 3 is 2.65 bits per heavy atom. The van der Waals surface area contributed by atoms with Gasteiger partial charge < -0.3 is 15.5 Å². The second-order valence-electron chi connectivity index (χ2n) is 4.71. The van der Waals surface area contributed by atoms with Crippen LogP contribution >= 0.6 is 0 Å². The number of aliphatic hydroxyl groups is 2. The van der Waals surface area contributed by atoms with Crippen LogP contribution in [-0.4, -0.2) is 49.4 Å². The highest BCUT2D eigenvalue weighted by molar-refractivity contribution is 5.94. The van der Waals surface area contributed by atoms with Gasteiger partial charge >= 0.3 is 0 Å². The Balaban J connectivity index is 2.12. The van der Waals surface area contributed by atoms with Crippen LogP contribution in [0.1, 0.15) is 17.3 Å². The molecule has 0 fully saturated rings. The van der Waals surface area contributed by atoms with E-state index in [1.165, 1.54) is 6.20 Å². The third-order valence-corrected chi connectivity index (χ3v) is 2.89. The van der Waals surface area contributed by atoms with E-state index in [2.05, 4.69) is 15.3 Å². The van der Waals surface area contributed by atoms with E-state index in [0.29, 0.717) is 11.4 Å². The smallest absolute Gasteiger partial charge is 0.253 e. The molecule has 2 aromatic rings. The molecule has 2 heterocycles. The number of nitrogens with zero attached hydrogens (tertiary/aromatic N) is 3. The van der Waals surface area contributed by atoms with Gasteiger partial charge in [-0.1, -0.05) is 0 Å². The van der Waals surface area contributed by atoms with E-state index in [4.69, 9.17) is 10.2 Å². The van der Waals surface area contributed by atoms with Gasteiger partial charge in [0, 0.05) is 18.6 Å². The van der Waals surface area contributed by atoms with Gasteiger partial charge in [-0.3, -0.25) is 9.36 Å². The molecule has 0 aromatic carbocycles. The first-order valence-corrected chi connectivity index (χ1v) is 6.06. The number of hydrogen-bond acceptors (Lipinski definition) is 5. The summed E-state index contributed by atoms with van der Waals surface area (Å²) in [7, 11) is 0. The average molecular weight is 276 g/mol.